The van der Waals surface area contributed by atoms with E-state index in [4.69, 9.17) is 10.5 Å². The van der Waals surface area contributed by atoms with Crippen LogP contribution in [0.25, 0.3) is 0 Å². The van der Waals surface area contributed by atoms with E-state index in [2.05, 4.69) is 60.6 Å². The van der Waals surface area contributed by atoms with Gasteiger partial charge in [0.15, 0.2) is 0 Å². The van der Waals surface area contributed by atoms with Crippen LogP contribution < -0.4 is 5.73 Å². The van der Waals surface area contributed by atoms with E-state index in [0.29, 0.717) is 34.7 Å². The summed E-state index contributed by atoms with van der Waals surface area (Å²) in [7, 11) is 0. The van der Waals surface area contributed by atoms with Crippen LogP contribution in [0.3, 0.4) is 0 Å². The van der Waals surface area contributed by atoms with Gasteiger partial charge < -0.3 is 10.5 Å². The zero-order chi connectivity index (χ0) is 29.3. The van der Waals surface area contributed by atoms with Gasteiger partial charge in [-0.3, -0.25) is 4.79 Å². The van der Waals surface area contributed by atoms with Crippen LogP contribution in [-0.2, 0) is 9.53 Å². The second-order valence-electron chi connectivity index (χ2n) is 17.8. The van der Waals surface area contributed by atoms with Crippen molar-refractivity contribution in [3.8, 4) is 0 Å². The number of hydrogen-bond acceptors (Lipinski definition) is 3. The van der Waals surface area contributed by atoms with E-state index in [9.17, 15) is 4.79 Å². The van der Waals surface area contributed by atoms with Crippen molar-refractivity contribution in [2.24, 2.45) is 80.7 Å². The molecule has 0 aliphatic heterocycles. The minimum Gasteiger partial charge on any atom is -0.466 e. The normalized spacial score (nSPS) is 52.8. The molecule has 0 aromatic rings. The topological polar surface area (TPSA) is 52.3 Å². The van der Waals surface area contributed by atoms with Crippen LogP contribution in [0.5, 0.6) is 0 Å². The Morgan fingerprint density at radius 3 is 2.39 bits per heavy atom. The highest BCUT2D eigenvalue weighted by Crippen LogP contribution is 2.76. The second kappa shape index (κ2) is 8.98. The molecule has 0 radical (unpaired) electrons. The van der Waals surface area contributed by atoms with E-state index in [1.54, 1.807) is 11.1 Å². The molecule has 7 aliphatic carbocycles. The van der Waals surface area contributed by atoms with Crippen molar-refractivity contribution in [1.82, 2.24) is 0 Å². The van der Waals surface area contributed by atoms with E-state index in [-0.39, 0.29) is 22.8 Å². The maximum Gasteiger partial charge on any atom is 0.309 e. The van der Waals surface area contributed by atoms with Gasteiger partial charge >= 0.3 is 5.97 Å². The third-order valence-corrected chi connectivity index (χ3v) is 16.0. The highest BCUT2D eigenvalue weighted by atomic mass is 16.5. The molecule has 7 aliphatic rings. The van der Waals surface area contributed by atoms with Crippen molar-refractivity contribution in [2.45, 2.75) is 125 Å². The molecule has 0 aromatic carbocycles. The van der Waals surface area contributed by atoms with E-state index >= 15 is 0 Å². The molecule has 12 atom stereocenters. The van der Waals surface area contributed by atoms with Crippen molar-refractivity contribution < 1.29 is 9.53 Å². The van der Waals surface area contributed by atoms with Crippen molar-refractivity contribution in [3.05, 3.63) is 23.3 Å². The van der Waals surface area contributed by atoms with E-state index in [1.165, 1.54) is 57.8 Å². The lowest BCUT2D eigenvalue weighted by Crippen LogP contribution is -2.67. The number of fused-ring (bicyclic) bond motifs is 8. The van der Waals surface area contributed by atoms with Crippen molar-refractivity contribution in [3.63, 3.8) is 0 Å². The molecule has 3 nitrogen and oxygen atoms in total. The molecule has 228 valence electrons. The van der Waals surface area contributed by atoms with Gasteiger partial charge in [-0.2, -0.15) is 0 Å². The lowest BCUT2D eigenvalue weighted by Gasteiger charge is -2.72. The Balaban J connectivity index is 1.18. The number of carbonyl (C=O) groups is 1. The molecule has 41 heavy (non-hydrogen) atoms. The van der Waals surface area contributed by atoms with Crippen LogP contribution in [0, 0.1) is 74.9 Å². The Labute approximate surface area is 250 Å². The zero-order valence-electron chi connectivity index (χ0n) is 27.5. The number of allylic oxidation sites excluding steroid dienone is 4. The third-order valence-electron chi connectivity index (χ3n) is 16.0. The average Bonchev–Trinajstić information content (AvgIpc) is 3.20. The summed E-state index contributed by atoms with van der Waals surface area (Å²) in [5, 5.41) is 0. The smallest absolute Gasteiger partial charge is 0.309 e. The minimum absolute atomic E-state index is 0.0323. The van der Waals surface area contributed by atoms with Crippen molar-refractivity contribution in [1.29, 1.82) is 0 Å². The first-order valence-electron chi connectivity index (χ1n) is 17.6. The highest BCUT2D eigenvalue weighted by Gasteiger charge is 2.70. The quantitative estimate of drug-likeness (QED) is 0.349. The maximum absolute atomic E-state index is 12.4. The molecule has 12 unspecified atom stereocenters. The van der Waals surface area contributed by atoms with Gasteiger partial charge in [0.2, 0.25) is 0 Å². The van der Waals surface area contributed by atoms with Crippen LogP contribution in [-0.4, -0.2) is 18.1 Å². The molecule has 0 amide bonds. The molecule has 3 heteroatoms. The fraction of sp³-hybridized carbons (Fsp3) is 0.868. The lowest BCUT2D eigenvalue weighted by molar-refractivity contribution is -0.221. The summed E-state index contributed by atoms with van der Waals surface area (Å²) in [5.74, 6) is 5.65. The van der Waals surface area contributed by atoms with Gasteiger partial charge in [-0.15, -0.1) is 0 Å². The first-order valence-corrected chi connectivity index (χ1v) is 17.6. The summed E-state index contributed by atoms with van der Waals surface area (Å²) in [4.78, 5) is 12.4. The fourth-order valence-electron chi connectivity index (χ4n) is 13.8. The van der Waals surface area contributed by atoms with Gasteiger partial charge in [0.1, 0.15) is 0 Å². The van der Waals surface area contributed by atoms with E-state index < -0.39 is 0 Å². The Morgan fingerprint density at radius 2 is 1.73 bits per heavy atom. The fourth-order valence-corrected chi connectivity index (χ4v) is 13.8. The SMILES string of the molecule is CCOC(=O)C1C2C=C(C3=CCC4(C)C(CCC5(C)C4CCC4C6C(C(C)C)CCC6(N)CCC45C)C3(C)C)CC21. The van der Waals surface area contributed by atoms with E-state index in [1.807, 2.05) is 6.92 Å². The number of nitrogens with two attached hydrogens (primary N) is 1. The van der Waals surface area contributed by atoms with Gasteiger partial charge in [0.05, 0.1) is 12.5 Å². The van der Waals surface area contributed by atoms with Gasteiger partial charge in [-0.25, -0.2) is 0 Å². The van der Waals surface area contributed by atoms with Gasteiger partial charge in [0.25, 0.3) is 0 Å². The molecule has 0 saturated heterocycles. The molecular formula is C38H59NO2. The number of rotatable bonds is 4. The molecule has 5 saturated carbocycles. The molecule has 0 bridgehead atoms. The minimum atomic E-state index is 0.0323. The van der Waals surface area contributed by atoms with Crippen LogP contribution in [0.15, 0.2) is 23.3 Å². The number of ether oxygens (including phenoxy) is 1. The van der Waals surface area contributed by atoms with Crippen LogP contribution in [0.4, 0.5) is 0 Å². The summed E-state index contributed by atoms with van der Waals surface area (Å²) in [6.45, 7) is 20.7. The Morgan fingerprint density at radius 1 is 0.976 bits per heavy atom. The average molecular weight is 562 g/mol. The van der Waals surface area contributed by atoms with Crippen molar-refractivity contribution >= 4 is 5.97 Å². The summed E-state index contributed by atoms with van der Waals surface area (Å²) in [6.07, 6.45) is 18.2. The molecule has 0 aromatic heterocycles. The lowest BCUT2D eigenvalue weighted by atomic mass is 9.33. The van der Waals surface area contributed by atoms with Gasteiger partial charge in [0, 0.05) is 5.54 Å². The maximum atomic E-state index is 12.4. The highest BCUT2D eigenvalue weighted by molar-refractivity contribution is 5.78. The molecule has 2 N–H and O–H groups in total. The second-order valence-corrected chi connectivity index (χ2v) is 17.8. The molecule has 0 heterocycles. The Hall–Kier alpha value is -1.09. The van der Waals surface area contributed by atoms with Crippen LogP contribution in [0.1, 0.15) is 120 Å². The molecule has 0 spiro atoms. The number of hydrogen-bond donors (Lipinski definition) is 1. The third kappa shape index (κ3) is 3.63. The summed E-state index contributed by atoms with van der Waals surface area (Å²) in [6, 6.07) is 0. The summed E-state index contributed by atoms with van der Waals surface area (Å²) >= 11 is 0. The predicted octanol–water partition coefficient (Wildman–Crippen LogP) is 8.73. The summed E-state index contributed by atoms with van der Waals surface area (Å²) in [5.41, 5.74) is 11.9. The van der Waals surface area contributed by atoms with Crippen molar-refractivity contribution in [2.75, 3.05) is 6.61 Å². The van der Waals surface area contributed by atoms with Crippen LogP contribution >= 0.6 is 0 Å². The molecule has 5 fully saturated rings. The summed E-state index contributed by atoms with van der Waals surface area (Å²) < 4.78 is 5.37. The van der Waals surface area contributed by atoms with E-state index in [0.717, 1.165) is 41.9 Å². The monoisotopic (exact) mass is 561 g/mol. The molecule has 7 rings (SSSR count). The Bertz CT molecular complexity index is 1180. The standard InChI is InChI=1S/C38H59NO2/c1-9-41-33(40)31-25-20-23(21-26(25)31)27-13-15-35(6)29(34(27,4)5)14-16-37(8)30(35)11-10-28-32-24(22(2)3)12-17-38(32,39)19-18-36(28,37)7/h13,20,22,24-26,28-32H,9-12,14-19,21,39H2,1-8H3. The first kappa shape index (κ1) is 28.7. The predicted molar refractivity (Wildman–Crippen MR) is 167 cm³/mol. The zero-order valence-corrected chi connectivity index (χ0v) is 27.5. The van der Waals surface area contributed by atoms with Crippen LogP contribution in [0.2, 0.25) is 0 Å². The first-order chi connectivity index (χ1) is 19.2. The molecular weight excluding hydrogens is 502 g/mol. The largest absolute Gasteiger partial charge is 0.466 e. The number of carbonyl (C=O) groups excluding carboxylic acids is 1. The van der Waals surface area contributed by atoms with Gasteiger partial charge in [-0.1, -0.05) is 60.6 Å². The van der Waals surface area contributed by atoms with Gasteiger partial charge in [-0.05, 0) is 151 Å². The number of esters is 1. The Kier molecular flexibility index (Phi) is 6.28.